The second kappa shape index (κ2) is 6.74. The van der Waals surface area contributed by atoms with E-state index in [0.29, 0.717) is 6.54 Å². The van der Waals surface area contributed by atoms with Crippen LogP contribution in [0.3, 0.4) is 0 Å². The van der Waals surface area contributed by atoms with Crippen molar-refractivity contribution in [2.24, 2.45) is 4.99 Å². The number of ether oxygens (including phenoxy) is 1. The minimum Gasteiger partial charge on any atom is -0.382 e. The molecule has 1 unspecified atom stereocenters. The first-order chi connectivity index (χ1) is 7.77. The van der Waals surface area contributed by atoms with E-state index in [0.717, 1.165) is 5.56 Å². The summed E-state index contributed by atoms with van der Waals surface area (Å²) in [5.74, 6) is -0.166. The Hall–Kier alpha value is -1.68. The van der Waals surface area contributed by atoms with Crippen LogP contribution in [0.2, 0.25) is 0 Å². The van der Waals surface area contributed by atoms with Crippen LogP contribution in [-0.4, -0.2) is 32.4 Å². The molecule has 1 atom stereocenters. The molecule has 0 radical (unpaired) electrons. The first-order valence-electron chi connectivity index (χ1n) is 5.04. The zero-order valence-corrected chi connectivity index (χ0v) is 9.35. The van der Waals surface area contributed by atoms with E-state index in [1.165, 1.54) is 7.11 Å². The van der Waals surface area contributed by atoms with Crippen LogP contribution in [0.15, 0.2) is 35.3 Å². The Morgan fingerprint density at radius 3 is 2.75 bits per heavy atom. The third kappa shape index (κ3) is 3.82. The van der Waals surface area contributed by atoms with Crippen LogP contribution < -0.4 is 5.32 Å². The lowest BCUT2D eigenvalue weighted by Crippen LogP contribution is -2.35. The fraction of sp³-hybridized carbons (Fsp3) is 0.333. The summed E-state index contributed by atoms with van der Waals surface area (Å²) in [6, 6.07) is 9.16. The Morgan fingerprint density at radius 2 is 2.19 bits per heavy atom. The van der Waals surface area contributed by atoms with Gasteiger partial charge in [0.1, 0.15) is 0 Å². The van der Waals surface area contributed by atoms with Gasteiger partial charge >= 0.3 is 0 Å². The first-order valence-corrected chi connectivity index (χ1v) is 5.04. The number of amides is 1. The average molecular weight is 220 g/mol. The third-order valence-electron chi connectivity index (χ3n) is 2.16. The van der Waals surface area contributed by atoms with E-state index in [-0.39, 0.29) is 12.5 Å². The summed E-state index contributed by atoms with van der Waals surface area (Å²) >= 11 is 0. The smallest absolute Gasteiger partial charge is 0.247 e. The predicted molar refractivity (Wildman–Crippen MR) is 63.5 cm³/mol. The monoisotopic (exact) mass is 220 g/mol. The number of nitrogens with zero attached hydrogens (tertiary/aromatic N) is 1. The highest BCUT2D eigenvalue weighted by atomic mass is 16.5. The number of hydrogen-bond donors (Lipinski definition) is 1. The highest BCUT2D eigenvalue weighted by molar-refractivity contribution is 5.82. The molecule has 1 amide bonds. The Balaban J connectivity index is 2.42. The number of benzene rings is 1. The molecule has 1 N–H and O–H groups in total. The molecule has 0 aliphatic carbocycles. The van der Waals surface area contributed by atoms with Gasteiger partial charge in [0, 0.05) is 13.7 Å². The fourth-order valence-electron chi connectivity index (χ4n) is 1.27. The van der Waals surface area contributed by atoms with Gasteiger partial charge in [0.15, 0.2) is 6.04 Å². The van der Waals surface area contributed by atoms with E-state index in [1.54, 1.807) is 0 Å². The summed E-state index contributed by atoms with van der Waals surface area (Å²) < 4.78 is 4.87. The van der Waals surface area contributed by atoms with E-state index in [2.05, 4.69) is 17.0 Å². The van der Waals surface area contributed by atoms with Crippen LogP contribution in [0.25, 0.3) is 0 Å². The Morgan fingerprint density at radius 1 is 1.50 bits per heavy atom. The standard InChI is InChI=1S/C12H16N2O2/c1-13-11(9-16-2)12(15)14-8-10-6-4-3-5-7-10/h3-7,11H,1,8-9H2,2H3,(H,14,15). The van der Waals surface area contributed by atoms with Crippen molar-refractivity contribution in [2.45, 2.75) is 12.6 Å². The minimum absolute atomic E-state index is 0.166. The number of carbonyl (C=O) groups is 1. The summed E-state index contributed by atoms with van der Waals surface area (Å²) in [4.78, 5) is 15.3. The number of nitrogens with one attached hydrogen (secondary N) is 1. The van der Waals surface area contributed by atoms with Gasteiger partial charge in [0.2, 0.25) is 5.91 Å². The molecular formula is C12H16N2O2. The van der Waals surface area contributed by atoms with Crippen LogP contribution in [0.5, 0.6) is 0 Å². The third-order valence-corrected chi connectivity index (χ3v) is 2.16. The summed E-state index contributed by atoms with van der Waals surface area (Å²) in [5, 5.41) is 2.78. The molecule has 1 aromatic carbocycles. The highest BCUT2D eigenvalue weighted by Gasteiger charge is 2.14. The largest absolute Gasteiger partial charge is 0.382 e. The summed E-state index contributed by atoms with van der Waals surface area (Å²) in [6.07, 6.45) is 0. The number of aliphatic imine (C=N–C) groups is 1. The summed E-state index contributed by atoms with van der Waals surface area (Å²) in [7, 11) is 1.53. The maximum atomic E-state index is 11.6. The van der Waals surface area contributed by atoms with E-state index in [1.807, 2.05) is 30.3 Å². The Labute approximate surface area is 95.3 Å². The maximum absolute atomic E-state index is 11.6. The number of rotatable bonds is 6. The number of carbonyl (C=O) groups excluding carboxylic acids is 1. The van der Waals surface area contributed by atoms with Crippen molar-refractivity contribution >= 4 is 12.6 Å². The van der Waals surface area contributed by atoms with Crippen LogP contribution in [0.4, 0.5) is 0 Å². The van der Waals surface area contributed by atoms with Crippen molar-refractivity contribution in [1.29, 1.82) is 0 Å². The molecule has 0 bridgehead atoms. The van der Waals surface area contributed by atoms with Crippen molar-refractivity contribution in [3.8, 4) is 0 Å². The van der Waals surface area contributed by atoms with Gasteiger partial charge in [-0.15, -0.1) is 0 Å². The van der Waals surface area contributed by atoms with Gasteiger partial charge in [0.25, 0.3) is 0 Å². The van der Waals surface area contributed by atoms with E-state index >= 15 is 0 Å². The molecule has 1 rings (SSSR count). The van der Waals surface area contributed by atoms with Crippen LogP contribution >= 0.6 is 0 Å². The molecule has 4 nitrogen and oxygen atoms in total. The topological polar surface area (TPSA) is 50.7 Å². The molecule has 16 heavy (non-hydrogen) atoms. The lowest BCUT2D eigenvalue weighted by molar-refractivity contribution is -0.123. The van der Waals surface area contributed by atoms with Crippen LogP contribution in [0.1, 0.15) is 5.56 Å². The molecule has 0 saturated heterocycles. The SMILES string of the molecule is C=NC(COC)C(=O)NCc1ccccc1. The van der Waals surface area contributed by atoms with Crippen molar-refractivity contribution in [3.63, 3.8) is 0 Å². The van der Waals surface area contributed by atoms with Crippen LogP contribution in [-0.2, 0) is 16.1 Å². The lowest BCUT2D eigenvalue weighted by Gasteiger charge is -2.11. The van der Waals surface area contributed by atoms with Gasteiger partial charge in [-0.3, -0.25) is 9.79 Å². The van der Waals surface area contributed by atoms with Crippen molar-refractivity contribution in [2.75, 3.05) is 13.7 Å². The molecule has 0 heterocycles. The van der Waals surface area contributed by atoms with Gasteiger partial charge < -0.3 is 10.1 Å². The zero-order chi connectivity index (χ0) is 11.8. The van der Waals surface area contributed by atoms with E-state index in [4.69, 9.17) is 4.74 Å². The highest BCUT2D eigenvalue weighted by Crippen LogP contribution is 1.98. The van der Waals surface area contributed by atoms with Crippen molar-refractivity contribution in [1.82, 2.24) is 5.32 Å². The van der Waals surface area contributed by atoms with Gasteiger partial charge in [-0.25, -0.2) is 0 Å². The second-order valence-corrected chi connectivity index (χ2v) is 3.36. The Kier molecular flexibility index (Phi) is 5.22. The zero-order valence-electron chi connectivity index (χ0n) is 9.35. The molecule has 0 spiro atoms. The molecule has 1 aromatic rings. The van der Waals surface area contributed by atoms with Gasteiger partial charge in [0.05, 0.1) is 6.61 Å². The van der Waals surface area contributed by atoms with E-state index < -0.39 is 6.04 Å². The van der Waals surface area contributed by atoms with Gasteiger partial charge in [-0.05, 0) is 12.3 Å². The average Bonchev–Trinajstić information content (AvgIpc) is 2.34. The number of methoxy groups -OCH3 is 1. The minimum atomic E-state index is -0.534. The van der Waals surface area contributed by atoms with Gasteiger partial charge in [-0.1, -0.05) is 30.3 Å². The molecule has 0 aliphatic rings. The quantitative estimate of drug-likeness (QED) is 0.728. The fourth-order valence-corrected chi connectivity index (χ4v) is 1.27. The predicted octanol–water partition coefficient (Wildman–Crippen LogP) is 1.02. The maximum Gasteiger partial charge on any atom is 0.247 e. The molecule has 0 aliphatic heterocycles. The van der Waals surface area contributed by atoms with Crippen molar-refractivity contribution in [3.05, 3.63) is 35.9 Å². The number of hydrogen-bond acceptors (Lipinski definition) is 3. The second-order valence-electron chi connectivity index (χ2n) is 3.36. The summed E-state index contributed by atoms with van der Waals surface area (Å²) in [5.41, 5.74) is 1.05. The lowest BCUT2D eigenvalue weighted by atomic mass is 10.2. The molecule has 0 aromatic heterocycles. The molecule has 0 saturated carbocycles. The normalized spacial score (nSPS) is 11.8. The van der Waals surface area contributed by atoms with Gasteiger partial charge in [-0.2, -0.15) is 0 Å². The molecule has 0 fully saturated rings. The van der Waals surface area contributed by atoms with Crippen LogP contribution in [0, 0.1) is 0 Å². The van der Waals surface area contributed by atoms with E-state index in [9.17, 15) is 4.79 Å². The molecule has 86 valence electrons. The molecular weight excluding hydrogens is 204 g/mol. The van der Waals surface area contributed by atoms with Crippen molar-refractivity contribution < 1.29 is 9.53 Å². The molecule has 4 heteroatoms. The Bertz CT molecular complexity index is 338. The first kappa shape index (κ1) is 12.4. The summed E-state index contributed by atoms with van der Waals surface area (Å²) in [6.45, 7) is 4.11.